The number of thioether (sulfide) groups is 1. The molecule has 0 spiro atoms. The molecule has 29 heavy (non-hydrogen) atoms. The summed E-state index contributed by atoms with van der Waals surface area (Å²) in [5, 5.41) is 3.23. The Balaban J connectivity index is 1.68. The van der Waals surface area contributed by atoms with Crippen LogP contribution in [0.5, 0.6) is 0 Å². The topological polar surface area (TPSA) is 73.2 Å². The molecule has 0 fully saturated rings. The van der Waals surface area contributed by atoms with Gasteiger partial charge in [-0.05, 0) is 54.6 Å². The number of amides is 1. The number of esters is 1. The highest BCUT2D eigenvalue weighted by Gasteiger charge is 2.20. The van der Waals surface area contributed by atoms with Crippen LogP contribution in [-0.2, 0) is 16.0 Å². The second kappa shape index (κ2) is 9.38. The van der Waals surface area contributed by atoms with Crippen molar-refractivity contribution in [2.24, 2.45) is 0 Å². The van der Waals surface area contributed by atoms with E-state index in [-0.39, 0.29) is 11.5 Å². The number of anilines is 1. The molecule has 1 N–H and O–H groups in total. The van der Waals surface area contributed by atoms with Crippen LogP contribution in [0.4, 0.5) is 10.1 Å². The molecule has 1 amide bonds. The third-order valence-electron chi connectivity index (χ3n) is 4.19. The lowest BCUT2D eigenvalue weighted by Gasteiger charge is -2.11. The van der Waals surface area contributed by atoms with Gasteiger partial charge in [0.25, 0.3) is 5.91 Å². The van der Waals surface area contributed by atoms with Crippen LogP contribution in [0.3, 0.4) is 0 Å². The average molecular weight is 413 g/mol. The van der Waals surface area contributed by atoms with Crippen molar-refractivity contribution in [3.05, 3.63) is 71.8 Å². The lowest BCUT2D eigenvalue weighted by Crippen LogP contribution is -2.22. The molecular formula is C21H20FN3O3S. The van der Waals surface area contributed by atoms with Gasteiger partial charge in [0.1, 0.15) is 5.82 Å². The average Bonchev–Trinajstić information content (AvgIpc) is 3.17. The molecule has 6 nitrogen and oxygen atoms in total. The first-order chi connectivity index (χ1) is 14.0. The van der Waals surface area contributed by atoms with Crippen molar-refractivity contribution >= 4 is 29.3 Å². The number of benzene rings is 2. The van der Waals surface area contributed by atoms with Gasteiger partial charge in [-0.3, -0.25) is 9.36 Å². The summed E-state index contributed by atoms with van der Waals surface area (Å²) in [6.07, 6.45) is 4.10. The Bertz CT molecular complexity index is 1000. The van der Waals surface area contributed by atoms with Crippen LogP contribution in [0.1, 0.15) is 23.0 Å². The molecule has 0 radical (unpaired) electrons. The van der Waals surface area contributed by atoms with E-state index < -0.39 is 18.5 Å². The zero-order valence-electron chi connectivity index (χ0n) is 16.0. The summed E-state index contributed by atoms with van der Waals surface area (Å²) in [5.74, 6) is -1.52. The molecule has 0 saturated carbocycles. The van der Waals surface area contributed by atoms with Crippen LogP contribution < -0.4 is 5.32 Å². The number of carbonyl (C=O) groups excluding carboxylic acids is 2. The van der Waals surface area contributed by atoms with E-state index in [1.807, 2.05) is 25.3 Å². The first kappa shape index (κ1) is 20.6. The van der Waals surface area contributed by atoms with Gasteiger partial charge in [0.2, 0.25) is 0 Å². The fourth-order valence-corrected chi connectivity index (χ4v) is 3.23. The quantitative estimate of drug-likeness (QED) is 0.467. The Kier molecular flexibility index (Phi) is 6.66. The van der Waals surface area contributed by atoms with Crippen LogP contribution in [0, 0.1) is 5.82 Å². The van der Waals surface area contributed by atoms with E-state index >= 15 is 0 Å². The minimum absolute atomic E-state index is 0.154. The number of aromatic nitrogens is 2. The molecule has 3 rings (SSSR count). The fourth-order valence-electron chi connectivity index (χ4n) is 2.69. The number of hydrogen-bond acceptors (Lipinski definition) is 5. The summed E-state index contributed by atoms with van der Waals surface area (Å²) in [5.41, 5.74) is 2.51. The Morgan fingerprint density at radius 1 is 1.14 bits per heavy atom. The number of rotatable bonds is 7. The van der Waals surface area contributed by atoms with Gasteiger partial charge >= 0.3 is 5.97 Å². The van der Waals surface area contributed by atoms with Crippen molar-refractivity contribution in [3.63, 3.8) is 0 Å². The fraction of sp³-hybridized carbons (Fsp3) is 0.190. The highest BCUT2D eigenvalue weighted by molar-refractivity contribution is 7.98. The molecule has 8 heteroatoms. The van der Waals surface area contributed by atoms with Gasteiger partial charge in [-0.25, -0.2) is 14.2 Å². The van der Waals surface area contributed by atoms with Gasteiger partial charge in [-0.1, -0.05) is 30.8 Å². The first-order valence-electron chi connectivity index (χ1n) is 8.95. The van der Waals surface area contributed by atoms with Crippen molar-refractivity contribution < 1.29 is 18.7 Å². The summed E-state index contributed by atoms with van der Waals surface area (Å²) >= 11 is 1.33. The maximum absolute atomic E-state index is 13.2. The summed E-state index contributed by atoms with van der Waals surface area (Å²) in [6, 6.07) is 13.1. The van der Waals surface area contributed by atoms with Gasteiger partial charge in [-0.2, -0.15) is 0 Å². The highest BCUT2D eigenvalue weighted by Crippen LogP contribution is 2.22. The second-order valence-electron chi connectivity index (χ2n) is 6.12. The minimum atomic E-state index is -0.696. The number of aryl methyl sites for hydroxylation is 1. The van der Waals surface area contributed by atoms with Gasteiger partial charge in [0, 0.05) is 11.4 Å². The van der Waals surface area contributed by atoms with Crippen molar-refractivity contribution in [2.75, 3.05) is 18.2 Å². The van der Waals surface area contributed by atoms with Crippen LogP contribution in [0.15, 0.2) is 59.9 Å². The highest BCUT2D eigenvalue weighted by atomic mass is 32.2. The Morgan fingerprint density at radius 3 is 2.45 bits per heavy atom. The van der Waals surface area contributed by atoms with E-state index in [0.717, 1.165) is 12.0 Å². The number of halogens is 1. The largest absolute Gasteiger partial charge is 0.451 e. The first-order valence-corrected chi connectivity index (χ1v) is 10.2. The molecular weight excluding hydrogens is 393 g/mol. The number of imidazole rings is 1. The Morgan fingerprint density at radius 2 is 1.83 bits per heavy atom. The lowest BCUT2D eigenvalue weighted by atomic mass is 10.1. The van der Waals surface area contributed by atoms with Gasteiger partial charge in [-0.15, -0.1) is 0 Å². The van der Waals surface area contributed by atoms with Crippen molar-refractivity contribution in [1.82, 2.24) is 9.55 Å². The van der Waals surface area contributed by atoms with Crippen LogP contribution in [0.2, 0.25) is 0 Å². The Hall–Kier alpha value is -3.13. The number of hydrogen-bond donors (Lipinski definition) is 1. The summed E-state index contributed by atoms with van der Waals surface area (Å²) < 4.78 is 20.0. The second-order valence-corrected chi connectivity index (χ2v) is 6.89. The maximum atomic E-state index is 13.2. The van der Waals surface area contributed by atoms with Gasteiger partial charge < -0.3 is 10.1 Å². The zero-order valence-corrected chi connectivity index (χ0v) is 16.8. The van der Waals surface area contributed by atoms with E-state index in [1.54, 1.807) is 28.8 Å². The molecule has 2 aromatic carbocycles. The third kappa shape index (κ3) is 5.03. The zero-order chi connectivity index (χ0) is 20.8. The SMILES string of the molecule is CCc1ccc(NC(=O)COC(=O)c2cnc(SC)n2-c2ccc(F)cc2)cc1. The molecule has 0 aliphatic rings. The van der Waals surface area contributed by atoms with Crippen molar-refractivity contribution in [2.45, 2.75) is 18.5 Å². The molecule has 1 aromatic heterocycles. The molecule has 0 aliphatic carbocycles. The molecule has 0 bridgehead atoms. The third-order valence-corrected chi connectivity index (χ3v) is 4.84. The van der Waals surface area contributed by atoms with E-state index in [1.165, 1.54) is 30.1 Å². The van der Waals surface area contributed by atoms with E-state index in [4.69, 9.17) is 4.74 Å². The molecule has 0 aliphatic heterocycles. The van der Waals surface area contributed by atoms with E-state index in [2.05, 4.69) is 10.3 Å². The van der Waals surface area contributed by atoms with Gasteiger partial charge in [0.15, 0.2) is 17.5 Å². The molecule has 1 heterocycles. The standard InChI is InChI=1S/C21H20FN3O3S/c1-3-14-4-8-16(9-5-14)24-19(26)13-28-20(27)18-12-23-21(29-2)25(18)17-10-6-15(22)7-11-17/h4-12H,3,13H2,1-2H3,(H,24,26). The molecule has 150 valence electrons. The number of nitrogens with zero attached hydrogens (tertiary/aromatic N) is 2. The van der Waals surface area contributed by atoms with Crippen molar-refractivity contribution in [3.8, 4) is 5.69 Å². The van der Waals surface area contributed by atoms with Gasteiger partial charge in [0.05, 0.1) is 6.20 Å². The van der Waals surface area contributed by atoms with Crippen LogP contribution >= 0.6 is 11.8 Å². The molecule has 0 unspecified atom stereocenters. The number of ether oxygens (including phenoxy) is 1. The summed E-state index contributed by atoms with van der Waals surface area (Å²) in [6.45, 7) is 1.61. The van der Waals surface area contributed by atoms with Crippen LogP contribution in [0.25, 0.3) is 5.69 Å². The molecule has 0 saturated heterocycles. The molecule has 3 aromatic rings. The lowest BCUT2D eigenvalue weighted by molar-refractivity contribution is -0.119. The van der Waals surface area contributed by atoms with E-state index in [0.29, 0.717) is 16.5 Å². The number of nitrogens with one attached hydrogen (secondary N) is 1. The molecule has 0 atom stereocenters. The normalized spacial score (nSPS) is 10.6. The van der Waals surface area contributed by atoms with E-state index in [9.17, 15) is 14.0 Å². The van der Waals surface area contributed by atoms with Crippen molar-refractivity contribution in [1.29, 1.82) is 0 Å². The summed E-state index contributed by atoms with van der Waals surface area (Å²) in [4.78, 5) is 28.8. The number of carbonyl (C=O) groups is 2. The van der Waals surface area contributed by atoms with Crippen LogP contribution in [-0.4, -0.2) is 34.3 Å². The monoisotopic (exact) mass is 413 g/mol. The maximum Gasteiger partial charge on any atom is 0.357 e. The Labute approximate surface area is 172 Å². The predicted molar refractivity (Wildman–Crippen MR) is 110 cm³/mol. The summed E-state index contributed by atoms with van der Waals surface area (Å²) in [7, 11) is 0. The minimum Gasteiger partial charge on any atom is -0.451 e. The smallest absolute Gasteiger partial charge is 0.357 e. The predicted octanol–water partition coefficient (Wildman–Crippen LogP) is 4.09.